The van der Waals surface area contributed by atoms with E-state index in [-0.39, 0.29) is 60.6 Å². The zero-order valence-corrected chi connectivity index (χ0v) is 31.3. The Bertz CT molecular complexity index is 1990. The Balaban J connectivity index is 1.33. The van der Waals surface area contributed by atoms with Gasteiger partial charge in [0.25, 0.3) is 17.4 Å². The monoisotopic (exact) mass is 767 g/mol. The van der Waals surface area contributed by atoms with E-state index in [0.29, 0.717) is 11.4 Å². The molecular formula is C35H41N7O9S2. The number of nitrogens with one attached hydrogen (secondary N) is 3. The minimum absolute atomic E-state index is 0.00385. The molecule has 4 amide bonds. The Morgan fingerprint density at radius 1 is 1.08 bits per heavy atom. The minimum atomic E-state index is -1.24. The van der Waals surface area contributed by atoms with Crippen LogP contribution in [0.4, 0.5) is 4.79 Å². The highest BCUT2D eigenvalue weighted by Gasteiger charge is 2.26. The number of hydrogen-bond acceptors (Lipinski definition) is 12. The Morgan fingerprint density at radius 2 is 1.79 bits per heavy atom. The molecule has 18 heteroatoms. The van der Waals surface area contributed by atoms with Crippen LogP contribution in [-0.4, -0.2) is 109 Å². The van der Waals surface area contributed by atoms with Crippen LogP contribution >= 0.6 is 21.6 Å². The van der Waals surface area contributed by atoms with Crippen molar-refractivity contribution in [2.75, 3.05) is 37.9 Å². The standard InChI is InChI=1S/C35H41N7O9S2/c1-5-41(34(49)50-15-16-52-53-19-26(33(47)48)38-27(43)13-14-42-28(44)11-12-29(42)45)21-51-32-25(18-23-30(35(2,3)4)37-20-36-23)39-31(46)24(40-32)17-22-9-7-6-8-10-22/h6-12,17-18,20,26H,5,13-16,19,21H2,1-4H3,(H,36,37)(H,38,43)(H,39,46)(H,47,48)/b24-17-,25-18-/t26-/m0/s1. The molecule has 0 bridgehead atoms. The van der Waals surface area contributed by atoms with Crippen LogP contribution in [0.25, 0.3) is 12.2 Å². The van der Waals surface area contributed by atoms with Gasteiger partial charge in [-0.25, -0.2) is 19.6 Å². The van der Waals surface area contributed by atoms with Gasteiger partial charge >= 0.3 is 12.1 Å². The molecule has 0 saturated carbocycles. The van der Waals surface area contributed by atoms with E-state index >= 15 is 0 Å². The number of hydrogen-bond donors (Lipinski definition) is 4. The Labute approximate surface area is 312 Å². The predicted molar refractivity (Wildman–Crippen MR) is 199 cm³/mol. The van der Waals surface area contributed by atoms with E-state index in [1.807, 2.05) is 51.1 Å². The van der Waals surface area contributed by atoms with E-state index in [9.17, 15) is 33.9 Å². The van der Waals surface area contributed by atoms with E-state index in [1.165, 1.54) is 26.5 Å². The van der Waals surface area contributed by atoms with Crippen LogP contribution in [0.5, 0.6) is 5.88 Å². The number of carbonyl (C=O) groups is 5. The fraction of sp³-hybridized carbons (Fsp3) is 0.371. The number of imidazole rings is 1. The lowest BCUT2D eigenvalue weighted by atomic mass is 9.90. The van der Waals surface area contributed by atoms with E-state index in [1.54, 1.807) is 25.4 Å². The van der Waals surface area contributed by atoms with Crippen LogP contribution in [0.2, 0.25) is 0 Å². The van der Waals surface area contributed by atoms with Gasteiger partial charge in [0.15, 0.2) is 6.73 Å². The number of aromatic nitrogens is 4. The number of aliphatic carboxylic acids is 1. The number of carbonyl (C=O) groups excluding carboxylic acids is 4. The lowest BCUT2D eigenvalue weighted by Gasteiger charge is -2.20. The quantitative estimate of drug-likeness (QED) is 0.0664. The molecular weight excluding hydrogens is 727 g/mol. The smallest absolute Gasteiger partial charge is 0.412 e. The molecule has 1 aromatic carbocycles. The van der Waals surface area contributed by atoms with Crippen molar-refractivity contribution < 1.29 is 38.6 Å². The first-order valence-electron chi connectivity index (χ1n) is 16.5. The molecule has 4 N–H and O–H groups in total. The van der Waals surface area contributed by atoms with Crippen molar-refractivity contribution in [3.05, 3.63) is 86.8 Å². The van der Waals surface area contributed by atoms with Crippen molar-refractivity contribution in [2.24, 2.45) is 0 Å². The van der Waals surface area contributed by atoms with Crippen molar-refractivity contribution >= 4 is 63.5 Å². The molecule has 3 aromatic rings. The molecule has 0 unspecified atom stereocenters. The number of benzene rings is 1. The number of carboxylic acid groups (broad SMARTS) is 1. The second-order valence-corrected chi connectivity index (χ2v) is 15.1. The fourth-order valence-electron chi connectivity index (χ4n) is 4.77. The van der Waals surface area contributed by atoms with Gasteiger partial charge in [0.05, 0.1) is 12.0 Å². The topological polar surface area (TPSA) is 217 Å². The largest absolute Gasteiger partial charge is 0.480 e. The second kappa shape index (κ2) is 18.9. The van der Waals surface area contributed by atoms with Crippen LogP contribution in [0.1, 0.15) is 51.1 Å². The molecule has 2 aromatic heterocycles. The highest BCUT2D eigenvalue weighted by Crippen LogP contribution is 2.23. The molecule has 16 nitrogen and oxygen atoms in total. The molecule has 4 rings (SSSR count). The number of amides is 4. The molecule has 1 aliphatic heterocycles. The molecule has 0 spiro atoms. The highest BCUT2D eigenvalue weighted by atomic mass is 33.1. The maximum absolute atomic E-state index is 13.1. The van der Waals surface area contributed by atoms with Gasteiger partial charge < -0.3 is 29.9 Å². The molecule has 3 heterocycles. The average molecular weight is 768 g/mol. The summed E-state index contributed by atoms with van der Waals surface area (Å²) in [6, 6.07) is 8.00. The molecule has 0 fully saturated rings. The molecule has 0 saturated heterocycles. The third kappa shape index (κ3) is 11.8. The lowest BCUT2D eigenvalue weighted by molar-refractivity contribution is -0.142. The number of nitrogens with zero attached hydrogens (tertiary/aromatic N) is 4. The first-order chi connectivity index (χ1) is 25.3. The highest BCUT2D eigenvalue weighted by molar-refractivity contribution is 8.76. The first kappa shape index (κ1) is 40.4. The Hall–Kier alpha value is -5.36. The number of imide groups is 1. The van der Waals surface area contributed by atoms with Crippen LogP contribution in [0.15, 0.2) is 53.6 Å². The van der Waals surface area contributed by atoms with Gasteiger partial charge in [0.1, 0.15) is 23.3 Å². The van der Waals surface area contributed by atoms with Crippen molar-refractivity contribution in [3.8, 4) is 5.88 Å². The molecule has 0 radical (unpaired) electrons. The van der Waals surface area contributed by atoms with Gasteiger partial charge in [-0.3, -0.25) is 29.0 Å². The van der Waals surface area contributed by atoms with Crippen LogP contribution in [0, 0.1) is 0 Å². The maximum atomic E-state index is 13.1. The second-order valence-electron chi connectivity index (χ2n) is 12.5. The zero-order valence-electron chi connectivity index (χ0n) is 29.6. The minimum Gasteiger partial charge on any atom is -0.480 e. The normalized spacial score (nSPS) is 14.1. The van der Waals surface area contributed by atoms with Gasteiger partial charge in [-0.2, -0.15) is 0 Å². The summed E-state index contributed by atoms with van der Waals surface area (Å²) < 4.78 is 11.4. The number of rotatable bonds is 17. The molecule has 282 valence electrons. The summed E-state index contributed by atoms with van der Waals surface area (Å²) in [6.45, 7) is 7.65. The van der Waals surface area contributed by atoms with E-state index < -0.39 is 41.4 Å². The third-order valence-corrected chi connectivity index (χ3v) is 9.92. The van der Waals surface area contributed by atoms with Crippen molar-refractivity contribution in [2.45, 2.75) is 45.6 Å². The zero-order chi connectivity index (χ0) is 38.5. The van der Waals surface area contributed by atoms with E-state index in [0.717, 1.165) is 28.3 Å². The summed E-state index contributed by atoms with van der Waals surface area (Å²) in [5.41, 5.74) is 1.47. The molecule has 0 aliphatic carbocycles. The van der Waals surface area contributed by atoms with Gasteiger partial charge in [-0.1, -0.05) is 72.7 Å². The number of H-pyrrole nitrogens is 2. The van der Waals surface area contributed by atoms with E-state index in [4.69, 9.17) is 9.47 Å². The van der Waals surface area contributed by atoms with Gasteiger partial charge in [0, 0.05) is 54.3 Å². The third-order valence-electron chi connectivity index (χ3n) is 7.54. The maximum Gasteiger partial charge on any atom is 0.412 e. The van der Waals surface area contributed by atoms with Crippen molar-refractivity contribution in [3.63, 3.8) is 0 Å². The summed E-state index contributed by atoms with van der Waals surface area (Å²) in [4.78, 5) is 90.3. The van der Waals surface area contributed by atoms with Crippen LogP contribution in [0.3, 0.4) is 0 Å². The SMILES string of the molecule is CCN(COc1n/c(=C\c2ccccc2)c(=O)[nH]/c1=C\c1nc[nH]c1C(C)(C)C)C(=O)OCCSSC[C@H](NC(=O)CCN1C(=O)C=CC1=O)C(=O)O. The predicted octanol–water partition coefficient (Wildman–Crippen LogP) is 1.51. The number of aromatic amines is 2. The van der Waals surface area contributed by atoms with Gasteiger partial charge in [-0.15, -0.1) is 0 Å². The van der Waals surface area contributed by atoms with Gasteiger partial charge in [-0.05, 0) is 24.6 Å². The van der Waals surface area contributed by atoms with Crippen LogP contribution in [-0.2, 0) is 29.3 Å². The van der Waals surface area contributed by atoms with E-state index in [2.05, 4.69) is 25.3 Å². The summed E-state index contributed by atoms with van der Waals surface area (Å²) in [5.74, 6) is -2.50. The Morgan fingerprint density at radius 3 is 2.45 bits per heavy atom. The summed E-state index contributed by atoms with van der Waals surface area (Å²) in [5, 5.41) is 12.3. The molecule has 1 aliphatic rings. The van der Waals surface area contributed by atoms with Crippen molar-refractivity contribution in [1.82, 2.24) is 35.1 Å². The fourth-order valence-corrected chi connectivity index (χ4v) is 6.75. The first-order valence-corrected chi connectivity index (χ1v) is 19.0. The summed E-state index contributed by atoms with van der Waals surface area (Å²) in [7, 11) is 2.42. The van der Waals surface area contributed by atoms with Gasteiger partial charge in [0.2, 0.25) is 11.8 Å². The van der Waals surface area contributed by atoms with Crippen molar-refractivity contribution in [1.29, 1.82) is 0 Å². The summed E-state index contributed by atoms with van der Waals surface area (Å²) in [6.07, 6.45) is 6.16. The summed E-state index contributed by atoms with van der Waals surface area (Å²) >= 11 is 0. The average Bonchev–Trinajstić information content (AvgIpc) is 3.72. The van der Waals surface area contributed by atoms with Crippen LogP contribution < -0.4 is 26.3 Å². The molecule has 1 atom stereocenters. The molecule has 53 heavy (non-hydrogen) atoms. The number of carboxylic acids is 1. The number of ether oxygens (including phenoxy) is 2. The lowest BCUT2D eigenvalue weighted by Crippen LogP contribution is -2.44. The Kier molecular flexibility index (Phi) is 14.4.